The van der Waals surface area contributed by atoms with Gasteiger partial charge in [-0.25, -0.2) is 4.39 Å². The number of carbonyl (C=O) groups is 3. The van der Waals surface area contributed by atoms with Gasteiger partial charge in [0.05, 0.1) is 17.3 Å². The summed E-state index contributed by atoms with van der Waals surface area (Å²) in [6.45, 7) is 4.98. The highest BCUT2D eigenvalue weighted by atomic mass is 35.5. The number of halogens is 2. The lowest BCUT2D eigenvalue weighted by Crippen LogP contribution is -2.58. The summed E-state index contributed by atoms with van der Waals surface area (Å²) in [6.07, 6.45) is 3.54. The number of nitrogens with zero attached hydrogens (tertiary/aromatic N) is 2. The van der Waals surface area contributed by atoms with Gasteiger partial charge in [0, 0.05) is 18.8 Å². The van der Waals surface area contributed by atoms with Gasteiger partial charge in [0.2, 0.25) is 5.91 Å². The molecular weight excluding hydrogens is 499 g/mol. The quantitative estimate of drug-likeness (QED) is 0.418. The Morgan fingerprint density at radius 2 is 1.89 bits per heavy atom. The Morgan fingerprint density at radius 3 is 2.57 bits per heavy atom. The number of rotatable bonds is 8. The Balaban J connectivity index is 1.50. The van der Waals surface area contributed by atoms with Crippen LogP contribution in [-0.2, 0) is 15.1 Å². The van der Waals surface area contributed by atoms with E-state index in [0.717, 1.165) is 44.6 Å². The first-order valence-electron chi connectivity index (χ1n) is 12.2. The average Bonchev–Trinajstić information content (AvgIpc) is 3.32. The molecule has 2 aromatic rings. The third-order valence-corrected chi connectivity index (χ3v) is 7.08. The second-order valence-corrected chi connectivity index (χ2v) is 9.63. The molecule has 0 radical (unpaired) electrons. The van der Waals surface area contributed by atoms with Crippen LogP contribution >= 0.6 is 11.6 Å². The molecule has 2 aliphatic rings. The zero-order chi connectivity index (χ0) is 26.6. The number of aryl methyl sites for hydroxylation is 1. The van der Waals surface area contributed by atoms with Gasteiger partial charge in [-0.1, -0.05) is 30.2 Å². The lowest BCUT2D eigenvalue weighted by molar-refractivity contribution is -0.123. The molecule has 2 aliphatic heterocycles. The van der Waals surface area contributed by atoms with Gasteiger partial charge in [0.25, 0.3) is 11.8 Å². The Hall–Kier alpha value is -3.34. The van der Waals surface area contributed by atoms with Crippen molar-refractivity contribution in [2.24, 2.45) is 10.7 Å². The Kier molecular flexibility index (Phi) is 8.21. The number of carbonyl (C=O) groups excluding carboxylic acids is 3. The first-order chi connectivity index (χ1) is 17.7. The van der Waals surface area contributed by atoms with E-state index in [0.29, 0.717) is 23.4 Å². The number of anilines is 1. The van der Waals surface area contributed by atoms with Gasteiger partial charge >= 0.3 is 0 Å². The first kappa shape index (κ1) is 26.7. The van der Waals surface area contributed by atoms with Crippen molar-refractivity contribution in [2.45, 2.75) is 31.7 Å². The van der Waals surface area contributed by atoms with Crippen molar-refractivity contribution in [1.29, 1.82) is 0 Å². The molecule has 4 rings (SSSR count). The summed E-state index contributed by atoms with van der Waals surface area (Å²) in [5.41, 5.74) is 5.84. The van der Waals surface area contributed by atoms with E-state index in [-0.39, 0.29) is 23.0 Å². The number of aliphatic imine (C=N–C) groups is 1. The van der Waals surface area contributed by atoms with Gasteiger partial charge in [-0.05, 0) is 68.2 Å². The molecule has 5 N–H and O–H groups in total. The van der Waals surface area contributed by atoms with Crippen molar-refractivity contribution >= 4 is 40.7 Å². The van der Waals surface area contributed by atoms with Crippen LogP contribution in [0.3, 0.4) is 0 Å². The summed E-state index contributed by atoms with van der Waals surface area (Å²) in [5, 5.41) is 8.60. The second kappa shape index (κ2) is 11.4. The van der Waals surface area contributed by atoms with Crippen molar-refractivity contribution in [2.75, 3.05) is 38.2 Å². The monoisotopic (exact) mass is 528 g/mol. The van der Waals surface area contributed by atoms with E-state index in [1.165, 1.54) is 12.5 Å². The highest BCUT2D eigenvalue weighted by Crippen LogP contribution is 2.30. The molecule has 1 saturated heterocycles. The minimum atomic E-state index is -1.61. The van der Waals surface area contributed by atoms with Crippen LogP contribution in [0.4, 0.5) is 10.1 Å². The number of hydrogen-bond acceptors (Lipinski definition) is 6. The van der Waals surface area contributed by atoms with Gasteiger partial charge in [-0.15, -0.1) is 0 Å². The Bertz CT molecular complexity index is 1250. The summed E-state index contributed by atoms with van der Waals surface area (Å²) in [4.78, 5) is 45.1. The van der Waals surface area contributed by atoms with E-state index < -0.39 is 29.1 Å². The molecule has 0 spiro atoms. The van der Waals surface area contributed by atoms with E-state index in [1.54, 1.807) is 25.1 Å². The SMILES string of the molecule is Cc1cc(C2(C(N)=O)NCN=C2C(=O)NCCN2CCCCC2)ccc1NC(=O)c1ccc(F)cc1Cl. The molecule has 2 heterocycles. The molecule has 37 heavy (non-hydrogen) atoms. The molecule has 11 heteroatoms. The predicted molar refractivity (Wildman–Crippen MR) is 140 cm³/mol. The van der Waals surface area contributed by atoms with Crippen molar-refractivity contribution in [3.8, 4) is 0 Å². The predicted octanol–water partition coefficient (Wildman–Crippen LogP) is 2.32. The van der Waals surface area contributed by atoms with E-state index in [9.17, 15) is 18.8 Å². The standard InChI is InChI=1S/C26H30ClFN6O3/c1-16-13-17(5-8-21(16)33-23(35)19-7-6-18(28)14-20(19)27)26(25(29)37)22(31-15-32-26)24(36)30-9-12-34-10-3-2-4-11-34/h5-8,13-14,32H,2-4,9-12,15H2,1H3,(H2,29,37)(H,30,36)(H,33,35). The summed E-state index contributed by atoms with van der Waals surface area (Å²) >= 11 is 6.01. The number of amides is 3. The second-order valence-electron chi connectivity index (χ2n) is 9.22. The fourth-order valence-corrected chi connectivity index (χ4v) is 5.01. The molecule has 1 unspecified atom stereocenters. The fraction of sp³-hybridized carbons (Fsp3) is 0.385. The normalized spacial score (nSPS) is 19.8. The van der Waals surface area contributed by atoms with Crippen LogP contribution in [0.2, 0.25) is 5.02 Å². The van der Waals surface area contributed by atoms with Crippen LogP contribution in [0.15, 0.2) is 41.4 Å². The van der Waals surface area contributed by atoms with Gasteiger partial charge < -0.3 is 21.3 Å². The highest BCUT2D eigenvalue weighted by Gasteiger charge is 2.49. The minimum Gasteiger partial charge on any atom is -0.367 e. The van der Waals surface area contributed by atoms with Gasteiger partial charge in [0.15, 0.2) is 5.54 Å². The van der Waals surface area contributed by atoms with Crippen molar-refractivity contribution in [3.63, 3.8) is 0 Å². The Morgan fingerprint density at radius 1 is 1.14 bits per heavy atom. The summed E-state index contributed by atoms with van der Waals surface area (Å²) < 4.78 is 13.3. The molecule has 9 nitrogen and oxygen atoms in total. The van der Waals surface area contributed by atoms with Gasteiger partial charge in [-0.3, -0.25) is 24.7 Å². The maximum atomic E-state index is 13.3. The zero-order valence-electron chi connectivity index (χ0n) is 20.6. The summed E-state index contributed by atoms with van der Waals surface area (Å²) in [7, 11) is 0. The maximum absolute atomic E-state index is 13.3. The van der Waals surface area contributed by atoms with Gasteiger partial charge in [-0.2, -0.15) is 0 Å². The molecule has 196 valence electrons. The van der Waals surface area contributed by atoms with Crippen LogP contribution in [0, 0.1) is 12.7 Å². The molecule has 0 bridgehead atoms. The van der Waals surface area contributed by atoms with Crippen LogP contribution in [0.25, 0.3) is 0 Å². The number of nitrogens with one attached hydrogen (secondary N) is 3. The van der Waals surface area contributed by atoms with E-state index in [2.05, 4.69) is 25.8 Å². The lowest BCUT2D eigenvalue weighted by Gasteiger charge is -2.29. The third-order valence-electron chi connectivity index (χ3n) is 6.77. The van der Waals surface area contributed by atoms with Crippen LogP contribution in [0.1, 0.15) is 40.7 Å². The number of likely N-dealkylation sites (tertiary alicyclic amines) is 1. The lowest BCUT2D eigenvalue weighted by atomic mass is 9.83. The van der Waals surface area contributed by atoms with Crippen LogP contribution in [-0.4, -0.2) is 61.2 Å². The maximum Gasteiger partial charge on any atom is 0.268 e. The number of primary amides is 1. The van der Waals surface area contributed by atoms with E-state index in [4.69, 9.17) is 17.3 Å². The number of nitrogens with two attached hydrogens (primary N) is 1. The average molecular weight is 529 g/mol. The van der Waals surface area contributed by atoms with Crippen molar-refractivity contribution in [3.05, 3.63) is 63.9 Å². The van der Waals surface area contributed by atoms with Crippen LogP contribution < -0.4 is 21.7 Å². The first-order valence-corrected chi connectivity index (χ1v) is 12.6. The van der Waals surface area contributed by atoms with Crippen molar-refractivity contribution in [1.82, 2.24) is 15.5 Å². The van der Waals surface area contributed by atoms with Crippen molar-refractivity contribution < 1.29 is 18.8 Å². The number of hydrogen-bond donors (Lipinski definition) is 4. The molecular formula is C26H30ClFN6O3. The zero-order valence-corrected chi connectivity index (χ0v) is 21.3. The largest absolute Gasteiger partial charge is 0.367 e. The highest BCUT2D eigenvalue weighted by molar-refractivity contribution is 6.47. The molecule has 0 aromatic heterocycles. The molecule has 0 aliphatic carbocycles. The number of piperidine rings is 1. The number of benzene rings is 2. The minimum absolute atomic E-state index is 0.00734. The smallest absolute Gasteiger partial charge is 0.268 e. The van der Waals surface area contributed by atoms with Gasteiger partial charge in [0.1, 0.15) is 11.5 Å². The molecule has 0 saturated carbocycles. The molecule has 3 amide bonds. The summed E-state index contributed by atoms with van der Waals surface area (Å²) in [5.74, 6) is -2.28. The summed E-state index contributed by atoms with van der Waals surface area (Å²) in [6, 6.07) is 8.39. The fourth-order valence-electron chi connectivity index (χ4n) is 4.76. The molecule has 1 fully saturated rings. The third kappa shape index (κ3) is 5.66. The molecule has 2 aromatic carbocycles. The van der Waals surface area contributed by atoms with E-state index in [1.807, 2.05) is 0 Å². The Labute approximate surface area is 219 Å². The van der Waals surface area contributed by atoms with Crippen LogP contribution in [0.5, 0.6) is 0 Å². The van der Waals surface area contributed by atoms with E-state index >= 15 is 0 Å². The molecule has 1 atom stereocenters. The topological polar surface area (TPSA) is 129 Å².